The number of aryl methyl sites for hydroxylation is 1. The standard InChI is InChI=1S/C21H28N6O3S/c1-4-31-21-25-19(23-10-12-29-3)17-13-24-27(20(17)26-21)11-9-22-18(28)14-30-16-7-5-15(2)6-8-16/h5-8,13H,4,9-12,14H2,1-3H3,(H,22,28)(H,23,25,26). The summed E-state index contributed by atoms with van der Waals surface area (Å²) in [6.07, 6.45) is 1.74. The molecule has 2 aromatic heterocycles. The quantitative estimate of drug-likeness (QED) is 0.250. The van der Waals surface area contributed by atoms with E-state index in [0.717, 1.165) is 28.2 Å². The first kappa shape index (κ1) is 22.8. The van der Waals surface area contributed by atoms with Crippen LogP contribution in [0, 0.1) is 6.92 Å². The van der Waals surface area contributed by atoms with Gasteiger partial charge in [0.05, 0.1) is 24.7 Å². The zero-order chi connectivity index (χ0) is 22.1. The average molecular weight is 445 g/mol. The number of hydrogen-bond acceptors (Lipinski definition) is 8. The molecule has 0 spiro atoms. The molecule has 0 unspecified atom stereocenters. The Balaban J connectivity index is 1.59. The number of aromatic nitrogens is 4. The fourth-order valence-electron chi connectivity index (χ4n) is 2.83. The van der Waals surface area contributed by atoms with Gasteiger partial charge in [-0.25, -0.2) is 14.6 Å². The second-order valence-electron chi connectivity index (χ2n) is 6.76. The lowest BCUT2D eigenvalue weighted by molar-refractivity contribution is -0.123. The Morgan fingerprint density at radius 2 is 2.00 bits per heavy atom. The second kappa shape index (κ2) is 11.5. The third kappa shape index (κ3) is 6.56. The Bertz CT molecular complexity index is 993. The number of methoxy groups -OCH3 is 1. The van der Waals surface area contributed by atoms with Crippen molar-refractivity contribution < 1.29 is 14.3 Å². The summed E-state index contributed by atoms with van der Waals surface area (Å²) in [4.78, 5) is 21.3. The van der Waals surface area contributed by atoms with Crippen LogP contribution in [0.2, 0.25) is 0 Å². The molecular formula is C21H28N6O3S. The molecule has 0 aliphatic heterocycles. The topological polar surface area (TPSA) is 103 Å². The molecule has 31 heavy (non-hydrogen) atoms. The van der Waals surface area contributed by atoms with Gasteiger partial charge in [0.2, 0.25) is 0 Å². The summed E-state index contributed by atoms with van der Waals surface area (Å²) >= 11 is 1.57. The van der Waals surface area contributed by atoms with Gasteiger partial charge in [-0.3, -0.25) is 4.79 Å². The van der Waals surface area contributed by atoms with Gasteiger partial charge in [-0.1, -0.05) is 36.4 Å². The molecule has 2 N–H and O–H groups in total. The predicted octanol–water partition coefficient (Wildman–Crippen LogP) is 2.50. The van der Waals surface area contributed by atoms with Crippen LogP contribution in [0.15, 0.2) is 35.6 Å². The Morgan fingerprint density at radius 3 is 2.74 bits per heavy atom. The third-order valence-corrected chi connectivity index (χ3v) is 5.11. The smallest absolute Gasteiger partial charge is 0.258 e. The molecule has 0 saturated heterocycles. The van der Waals surface area contributed by atoms with E-state index in [0.29, 0.717) is 37.1 Å². The number of hydrogen-bond donors (Lipinski definition) is 2. The normalized spacial score (nSPS) is 10.9. The Labute approximate surface area is 185 Å². The van der Waals surface area contributed by atoms with Crippen molar-refractivity contribution in [2.45, 2.75) is 25.5 Å². The van der Waals surface area contributed by atoms with Gasteiger partial charge < -0.3 is 20.1 Å². The maximum Gasteiger partial charge on any atom is 0.258 e. The predicted molar refractivity (Wildman–Crippen MR) is 122 cm³/mol. The van der Waals surface area contributed by atoms with E-state index in [2.05, 4.69) is 32.6 Å². The first-order valence-corrected chi connectivity index (χ1v) is 11.1. The second-order valence-corrected chi connectivity index (χ2v) is 8.00. The van der Waals surface area contributed by atoms with Gasteiger partial charge in [0.25, 0.3) is 5.91 Å². The fraction of sp³-hybridized carbons (Fsp3) is 0.429. The molecule has 1 amide bonds. The van der Waals surface area contributed by atoms with Gasteiger partial charge in [-0.05, 0) is 24.8 Å². The number of amides is 1. The SMILES string of the molecule is CCSc1nc(NCCOC)c2cnn(CCNC(=O)COc3ccc(C)cc3)c2n1. The number of ether oxygens (including phenoxy) is 2. The van der Waals surface area contributed by atoms with Gasteiger partial charge in [-0.15, -0.1) is 0 Å². The van der Waals surface area contributed by atoms with Gasteiger partial charge in [0.1, 0.15) is 11.6 Å². The minimum atomic E-state index is -0.184. The minimum Gasteiger partial charge on any atom is -0.484 e. The van der Waals surface area contributed by atoms with Gasteiger partial charge in [0.15, 0.2) is 17.4 Å². The number of nitrogens with one attached hydrogen (secondary N) is 2. The number of carbonyl (C=O) groups is 1. The molecule has 9 nitrogen and oxygen atoms in total. The Kier molecular flexibility index (Phi) is 8.48. The van der Waals surface area contributed by atoms with Crippen LogP contribution in [-0.4, -0.2) is 64.8 Å². The van der Waals surface area contributed by atoms with Crippen molar-refractivity contribution in [2.24, 2.45) is 0 Å². The largest absolute Gasteiger partial charge is 0.484 e. The van der Waals surface area contributed by atoms with Crippen LogP contribution in [0.5, 0.6) is 5.75 Å². The molecule has 0 bridgehead atoms. The lowest BCUT2D eigenvalue weighted by atomic mass is 10.2. The minimum absolute atomic E-state index is 0.0318. The molecule has 0 atom stereocenters. The van der Waals surface area contributed by atoms with Crippen LogP contribution in [0.3, 0.4) is 0 Å². The lowest BCUT2D eigenvalue weighted by Gasteiger charge is -2.10. The van der Waals surface area contributed by atoms with E-state index in [-0.39, 0.29) is 12.5 Å². The van der Waals surface area contributed by atoms with Crippen molar-refractivity contribution in [3.05, 3.63) is 36.0 Å². The number of nitrogens with zero attached hydrogens (tertiary/aromatic N) is 4. The molecule has 166 valence electrons. The van der Waals surface area contributed by atoms with E-state index in [1.165, 1.54) is 0 Å². The highest BCUT2D eigenvalue weighted by molar-refractivity contribution is 7.99. The zero-order valence-electron chi connectivity index (χ0n) is 18.1. The third-order valence-electron chi connectivity index (χ3n) is 4.38. The molecule has 0 fully saturated rings. The molecule has 10 heteroatoms. The number of thioether (sulfide) groups is 1. The van der Waals surface area contributed by atoms with Gasteiger partial charge >= 0.3 is 0 Å². The Hall–Kier alpha value is -2.85. The summed E-state index contributed by atoms with van der Waals surface area (Å²) < 4.78 is 12.4. The summed E-state index contributed by atoms with van der Waals surface area (Å²) in [5.41, 5.74) is 1.88. The maximum atomic E-state index is 12.1. The average Bonchev–Trinajstić information content (AvgIpc) is 3.17. The molecule has 3 rings (SSSR count). The van der Waals surface area contributed by atoms with E-state index >= 15 is 0 Å². The van der Waals surface area contributed by atoms with E-state index in [4.69, 9.17) is 9.47 Å². The summed E-state index contributed by atoms with van der Waals surface area (Å²) in [6, 6.07) is 7.59. The van der Waals surface area contributed by atoms with E-state index in [1.807, 2.05) is 31.2 Å². The summed E-state index contributed by atoms with van der Waals surface area (Å²) in [6.45, 7) is 6.15. The lowest BCUT2D eigenvalue weighted by Crippen LogP contribution is -2.31. The van der Waals surface area contributed by atoms with Crippen molar-refractivity contribution in [3.63, 3.8) is 0 Å². The summed E-state index contributed by atoms with van der Waals surface area (Å²) in [7, 11) is 1.66. The maximum absolute atomic E-state index is 12.1. The molecule has 0 aliphatic rings. The number of benzene rings is 1. The van der Waals surface area contributed by atoms with Crippen LogP contribution in [0.1, 0.15) is 12.5 Å². The summed E-state index contributed by atoms with van der Waals surface area (Å²) in [5.74, 6) is 2.09. The molecule has 0 aliphatic carbocycles. The van der Waals surface area contributed by atoms with E-state index in [1.54, 1.807) is 29.8 Å². The van der Waals surface area contributed by atoms with Gasteiger partial charge in [-0.2, -0.15) is 5.10 Å². The fourth-order valence-corrected chi connectivity index (χ4v) is 3.40. The molecule has 0 radical (unpaired) electrons. The number of anilines is 1. The summed E-state index contributed by atoms with van der Waals surface area (Å²) in [5, 5.41) is 12.1. The monoisotopic (exact) mass is 444 g/mol. The van der Waals surface area contributed by atoms with Crippen LogP contribution < -0.4 is 15.4 Å². The van der Waals surface area contributed by atoms with Crippen molar-refractivity contribution in [1.29, 1.82) is 0 Å². The number of rotatable bonds is 12. The molecule has 2 heterocycles. The van der Waals surface area contributed by atoms with Crippen LogP contribution in [0.25, 0.3) is 11.0 Å². The van der Waals surface area contributed by atoms with Crippen molar-refractivity contribution in [3.8, 4) is 5.75 Å². The molecule has 1 aromatic carbocycles. The Morgan fingerprint density at radius 1 is 1.19 bits per heavy atom. The highest BCUT2D eigenvalue weighted by atomic mass is 32.2. The first-order chi connectivity index (χ1) is 15.1. The van der Waals surface area contributed by atoms with Crippen molar-refractivity contribution >= 4 is 34.5 Å². The van der Waals surface area contributed by atoms with E-state index in [9.17, 15) is 4.79 Å². The van der Waals surface area contributed by atoms with Crippen LogP contribution in [-0.2, 0) is 16.1 Å². The van der Waals surface area contributed by atoms with Crippen molar-refractivity contribution in [2.75, 3.05) is 44.5 Å². The highest BCUT2D eigenvalue weighted by Crippen LogP contribution is 2.24. The van der Waals surface area contributed by atoms with Crippen molar-refractivity contribution in [1.82, 2.24) is 25.1 Å². The number of fused-ring (bicyclic) bond motifs is 1. The van der Waals surface area contributed by atoms with E-state index < -0.39 is 0 Å². The van der Waals surface area contributed by atoms with Gasteiger partial charge in [0, 0.05) is 20.2 Å². The number of carbonyl (C=O) groups excluding carboxylic acids is 1. The zero-order valence-corrected chi connectivity index (χ0v) is 18.9. The first-order valence-electron chi connectivity index (χ1n) is 10.2. The molecule has 3 aromatic rings. The van der Waals surface area contributed by atoms with Crippen LogP contribution in [0.4, 0.5) is 5.82 Å². The van der Waals surface area contributed by atoms with Crippen LogP contribution >= 0.6 is 11.8 Å². The molecule has 0 saturated carbocycles. The molecular weight excluding hydrogens is 416 g/mol. The highest BCUT2D eigenvalue weighted by Gasteiger charge is 2.13.